The maximum Gasteiger partial charge on any atom is 0.225 e. The molecule has 2 aliphatic rings. The Hall–Kier alpha value is -2.29. The summed E-state index contributed by atoms with van der Waals surface area (Å²) < 4.78 is 33.8. The molecule has 0 spiro atoms. The fourth-order valence-corrected chi connectivity index (χ4v) is 5.36. The fraction of sp³-hybridized carbons (Fsp3) is 0.556. The Kier molecular flexibility index (Phi) is 5.59. The zero-order chi connectivity index (χ0) is 19.6. The van der Waals surface area contributed by atoms with Crippen molar-refractivity contribution in [2.24, 2.45) is 5.92 Å². The molecule has 0 saturated carbocycles. The second kappa shape index (κ2) is 7.75. The Morgan fingerprint density at radius 2 is 2.07 bits per heavy atom. The van der Waals surface area contributed by atoms with Crippen LogP contribution in [-0.2, 0) is 26.0 Å². The standard InChI is InChI=1S/C18H24N2O6S/c1-25-15-3-4-16(26-2)12(7-15)9-19-18(22)13-8-17(21)20(10-13)14-5-6-27(23,24)11-14/h3-4,7,13-14H,5-6,8-11H2,1-2H3,(H,19,22)/t13-,14-/m1/s1. The van der Waals surface area contributed by atoms with E-state index in [0.29, 0.717) is 17.9 Å². The van der Waals surface area contributed by atoms with Crippen LogP contribution in [0.2, 0.25) is 0 Å². The van der Waals surface area contributed by atoms with E-state index in [1.54, 1.807) is 37.3 Å². The molecule has 148 valence electrons. The fourth-order valence-electron chi connectivity index (χ4n) is 3.63. The van der Waals surface area contributed by atoms with Crippen LogP contribution in [0, 0.1) is 5.92 Å². The highest BCUT2D eigenvalue weighted by molar-refractivity contribution is 7.91. The van der Waals surface area contributed by atoms with Gasteiger partial charge >= 0.3 is 0 Å². The molecule has 0 radical (unpaired) electrons. The number of rotatable bonds is 6. The maximum atomic E-state index is 12.5. The summed E-state index contributed by atoms with van der Waals surface area (Å²) in [4.78, 5) is 26.3. The molecule has 3 rings (SSSR count). The third kappa shape index (κ3) is 4.35. The van der Waals surface area contributed by atoms with E-state index in [2.05, 4.69) is 5.32 Å². The highest BCUT2D eigenvalue weighted by Crippen LogP contribution is 2.27. The van der Waals surface area contributed by atoms with Crippen LogP contribution in [0.1, 0.15) is 18.4 Å². The monoisotopic (exact) mass is 396 g/mol. The number of carbonyl (C=O) groups excluding carboxylic acids is 2. The van der Waals surface area contributed by atoms with Crippen LogP contribution >= 0.6 is 0 Å². The number of nitrogens with one attached hydrogen (secondary N) is 1. The predicted molar refractivity (Wildman–Crippen MR) is 98.3 cm³/mol. The molecule has 0 unspecified atom stereocenters. The van der Waals surface area contributed by atoms with Crippen molar-refractivity contribution in [3.63, 3.8) is 0 Å². The zero-order valence-corrected chi connectivity index (χ0v) is 16.3. The number of amides is 2. The molecule has 0 aromatic heterocycles. The molecular weight excluding hydrogens is 372 g/mol. The van der Waals surface area contributed by atoms with Crippen molar-refractivity contribution in [2.75, 3.05) is 32.3 Å². The van der Waals surface area contributed by atoms with E-state index in [9.17, 15) is 18.0 Å². The van der Waals surface area contributed by atoms with E-state index in [-0.39, 0.29) is 48.9 Å². The van der Waals surface area contributed by atoms with Gasteiger partial charge in [0.15, 0.2) is 9.84 Å². The topological polar surface area (TPSA) is 102 Å². The predicted octanol–water partition coefficient (Wildman–Crippen LogP) is 0.356. The number of hydrogen-bond acceptors (Lipinski definition) is 6. The number of sulfone groups is 1. The van der Waals surface area contributed by atoms with Crippen LogP contribution in [0.5, 0.6) is 11.5 Å². The van der Waals surface area contributed by atoms with Gasteiger partial charge in [-0.3, -0.25) is 9.59 Å². The lowest BCUT2D eigenvalue weighted by Gasteiger charge is -2.23. The van der Waals surface area contributed by atoms with Gasteiger partial charge in [0.05, 0.1) is 31.6 Å². The number of carbonyl (C=O) groups is 2. The van der Waals surface area contributed by atoms with Crippen molar-refractivity contribution in [3.8, 4) is 11.5 Å². The first-order chi connectivity index (χ1) is 12.8. The van der Waals surface area contributed by atoms with Gasteiger partial charge in [0, 0.05) is 31.1 Å². The minimum Gasteiger partial charge on any atom is -0.497 e. The molecule has 2 saturated heterocycles. The number of hydrogen-bond donors (Lipinski definition) is 1. The highest BCUT2D eigenvalue weighted by Gasteiger charge is 2.41. The van der Waals surface area contributed by atoms with Crippen molar-refractivity contribution in [2.45, 2.75) is 25.4 Å². The third-order valence-electron chi connectivity index (χ3n) is 5.12. The second-order valence-corrected chi connectivity index (χ2v) is 9.13. The number of benzene rings is 1. The average molecular weight is 396 g/mol. The van der Waals surface area contributed by atoms with Crippen molar-refractivity contribution < 1.29 is 27.5 Å². The molecule has 0 aliphatic carbocycles. The van der Waals surface area contributed by atoms with Gasteiger partial charge in [0.1, 0.15) is 11.5 Å². The Bertz CT molecular complexity index is 838. The molecule has 2 heterocycles. The molecule has 2 atom stereocenters. The summed E-state index contributed by atoms with van der Waals surface area (Å²) in [6.07, 6.45) is 0.557. The van der Waals surface area contributed by atoms with Gasteiger partial charge in [0.2, 0.25) is 11.8 Å². The van der Waals surface area contributed by atoms with Crippen LogP contribution in [0.3, 0.4) is 0 Å². The Morgan fingerprint density at radius 1 is 1.30 bits per heavy atom. The molecule has 1 aromatic rings. The average Bonchev–Trinajstić information content (AvgIpc) is 3.21. The largest absolute Gasteiger partial charge is 0.497 e. The van der Waals surface area contributed by atoms with Crippen molar-refractivity contribution in [1.29, 1.82) is 0 Å². The summed E-state index contributed by atoms with van der Waals surface area (Å²) in [7, 11) is 0.0387. The quantitative estimate of drug-likeness (QED) is 0.745. The van der Waals surface area contributed by atoms with Crippen LogP contribution in [-0.4, -0.2) is 63.4 Å². The van der Waals surface area contributed by atoms with Gasteiger partial charge in [-0.15, -0.1) is 0 Å². The van der Waals surface area contributed by atoms with Gasteiger partial charge in [-0.2, -0.15) is 0 Å². The molecule has 9 heteroatoms. The summed E-state index contributed by atoms with van der Waals surface area (Å²) in [5.74, 6) is 0.536. The smallest absolute Gasteiger partial charge is 0.225 e. The van der Waals surface area contributed by atoms with Crippen LogP contribution < -0.4 is 14.8 Å². The molecule has 27 heavy (non-hydrogen) atoms. The Balaban J connectivity index is 1.60. The van der Waals surface area contributed by atoms with E-state index in [1.165, 1.54) is 0 Å². The molecule has 8 nitrogen and oxygen atoms in total. The van der Waals surface area contributed by atoms with Gasteiger partial charge in [-0.25, -0.2) is 8.42 Å². The lowest BCUT2D eigenvalue weighted by Crippen LogP contribution is -2.39. The van der Waals surface area contributed by atoms with E-state index < -0.39 is 15.8 Å². The normalized spacial score (nSPS) is 24.1. The lowest BCUT2D eigenvalue weighted by molar-refractivity contribution is -0.130. The van der Waals surface area contributed by atoms with Crippen LogP contribution in [0.4, 0.5) is 0 Å². The van der Waals surface area contributed by atoms with Gasteiger partial charge in [0.25, 0.3) is 0 Å². The van der Waals surface area contributed by atoms with E-state index in [1.807, 2.05) is 0 Å². The summed E-state index contributed by atoms with van der Waals surface area (Å²) in [5, 5.41) is 2.84. The molecule has 2 fully saturated rings. The van der Waals surface area contributed by atoms with Gasteiger partial charge < -0.3 is 19.7 Å². The summed E-state index contributed by atoms with van der Waals surface area (Å²) >= 11 is 0. The number of ether oxygens (including phenoxy) is 2. The summed E-state index contributed by atoms with van der Waals surface area (Å²) in [5.41, 5.74) is 0.772. The van der Waals surface area contributed by atoms with Crippen LogP contribution in [0.15, 0.2) is 18.2 Å². The van der Waals surface area contributed by atoms with Gasteiger partial charge in [-0.1, -0.05) is 0 Å². The first kappa shape index (κ1) is 19.5. The highest BCUT2D eigenvalue weighted by atomic mass is 32.2. The molecule has 2 aliphatic heterocycles. The first-order valence-electron chi connectivity index (χ1n) is 8.81. The van der Waals surface area contributed by atoms with Crippen LogP contribution in [0.25, 0.3) is 0 Å². The van der Waals surface area contributed by atoms with Crippen molar-refractivity contribution in [3.05, 3.63) is 23.8 Å². The van der Waals surface area contributed by atoms with Crippen molar-refractivity contribution in [1.82, 2.24) is 10.2 Å². The first-order valence-corrected chi connectivity index (χ1v) is 10.6. The van der Waals surface area contributed by atoms with E-state index in [0.717, 1.165) is 5.56 Å². The second-order valence-electron chi connectivity index (χ2n) is 6.90. The zero-order valence-electron chi connectivity index (χ0n) is 15.4. The number of likely N-dealkylation sites (tertiary alicyclic amines) is 1. The minimum atomic E-state index is -3.07. The third-order valence-corrected chi connectivity index (χ3v) is 6.87. The molecule has 1 aromatic carbocycles. The molecule has 2 amide bonds. The number of methoxy groups -OCH3 is 2. The molecular formula is C18H24N2O6S. The van der Waals surface area contributed by atoms with E-state index >= 15 is 0 Å². The lowest BCUT2D eigenvalue weighted by atomic mass is 10.1. The summed E-state index contributed by atoms with van der Waals surface area (Å²) in [6, 6.07) is 5.02. The molecule has 0 bridgehead atoms. The number of nitrogens with zero attached hydrogens (tertiary/aromatic N) is 1. The van der Waals surface area contributed by atoms with Crippen molar-refractivity contribution >= 4 is 21.7 Å². The Morgan fingerprint density at radius 3 is 2.70 bits per heavy atom. The minimum absolute atomic E-state index is 0.00587. The van der Waals surface area contributed by atoms with Gasteiger partial charge in [-0.05, 0) is 24.6 Å². The SMILES string of the molecule is COc1ccc(OC)c(CNC(=O)[C@@H]2CC(=O)N([C@@H]3CCS(=O)(=O)C3)C2)c1. The molecule has 1 N–H and O–H groups in total. The maximum absolute atomic E-state index is 12.5. The summed E-state index contributed by atoms with van der Waals surface area (Å²) in [6.45, 7) is 0.516. The Labute approximate surface area is 158 Å². The van der Waals surface area contributed by atoms with E-state index in [4.69, 9.17) is 9.47 Å².